The standard InChI is InChI=1S/C15H18O4/c1-4-5-13(16)12-9-11(6-7-14(12)19-3)8-10(2)15(17)18/h4-7,9-10H,8H2,1-3H3,(H,17,18)/b5-4+/t10-/m0/s1. The van der Waals surface area contributed by atoms with Gasteiger partial charge < -0.3 is 9.84 Å². The van der Waals surface area contributed by atoms with E-state index in [9.17, 15) is 9.59 Å². The Kier molecular flexibility index (Phi) is 5.30. The summed E-state index contributed by atoms with van der Waals surface area (Å²) in [4.78, 5) is 22.8. The molecule has 4 nitrogen and oxygen atoms in total. The molecule has 1 aromatic rings. The Morgan fingerprint density at radius 2 is 2.11 bits per heavy atom. The fourth-order valence-electron chi connectivity index (χ4n) is 1.76. The molecule has 0 aliphatic heterocycles. The molecule has 0 heterocycles. The molecule has 0 aliphatic carbocycles. The molecule has 0 saturated heterocycles. The number of ether oxygens (including phenoxy) is 1. The van der Waals surface area contributed by atoms with E-state index >= 15 is 0 Å². The van der Waals surface area contributed by atoms with E-state index < -0.39 is 11.9 Å². The van der Waals surface area contributed by atoms with Gasteiger partial charge in [0.1, 0.15) is 5.75 Å². The van der Waals surface area contributed by atoms with Gasteiger partial charge in [0.05, 0.1) is 18.6 Å². The minimum absolute atomic E-state index is 0.149. The number of carbonyl (C=O) groups is 2. The van der Waals surface area contributed by atoms with Crippen LogP contribution in [0.5, 0.6) is 5.75 Å². The molecule has 19 heavy (non-hydrogen) atoms. The predicted octanol–water partition coefficient (Wildman–Crippen LogP) is 2.72. The van der Waals surface area contributed by atoms with Crippen LogP contribution in [0.4, 0.5) is 0 Å². The van der Waals surface area contributed by atoms with Crippen LogP contribution in [0.15, 0.2) is 30.4 Å². The van der Waals surface area contributed by atoms with Gasteiger partial charge in [-0.3, -0.25) is 9.59 Å². The van der Waals surface area contributed by atoms with E-state index in [2.05, 4.69) is 0 Å². The summed E-state index contributed by atoms with van der Waals surface area (Å²) in [5.74, 6) is -0.991. The molecule has 0 saturated carbocycles. The van der Waals surface area contributed by atoms with Crippen LogP contribution in [-0.4, -0.2) is 24.0 Å². The summed E-state index contributed by atoms with van der Waals surface area (Å²) in [5, 5.41) is 8.90. The Labute approximate surface area is 112 Å². The highest BCUT2D eigenvalue weighted by molar-refractivity contribution is 6.06. The number of rotatable bonds is 6. The molecular formula is C15H18O4. The first-order chi connectivity index (χ1) is 8.99. The number of ketones is 1. The maximum absolute atomic E-state index is 11.9. The molecule has 0 amide bonds. The van der Waals surface area contributed by atoms with Gasteiger partial charge in [-0.05, 0) is 37.1 Å². The van der Waals surface area contributed by atoms with Gasteiger partial charge in [-0.15, -0.1) is 0 Å². The first-order valence-electron chi connectivity index (χ1n) is 6.06. The first-order valence-corrected chi connectivity index (χ1v) is 6.06. The van der Waals surface area contributed by atoms with E-state index in [0.717, 1.165) is 5.56 Å². The minimum Gasteiger partial charge on any atom is -0.496 e. The summed E-state index contributed by atoms with van der Waals surface area (Å²) in [7, 11) is 1.50. The van der Waals surface area contributed by atoms with Crippen molar-refractivity contribution in [1.29, 1.82) is 0 Å². The van der Waals surface area contributed by atoms with Crippen molar-refractivity contribution in [3.63, 3.8) is 0 Å². The van der Waals surface area contributed by atoms with Crippen molar-refractivity contribution in [2.75, 3.05) is 7.11 Å². The molecule has 1 atom stereocenters. The molecule has 1 aromatic carbocycles. The fraction of sp³-hybridized carbons (Fsp3) is 0.333. The van der Waals surface area contributed by atoms with Crippen molar-refractivity contribution in [2.45, 2.75) is 20.3 Å². The van der Waals surface area contributed by atoms with Crippen LogP contribution in [-0.2, 0) is 11.2 Å². The Balaban J connectivity index is 3.08. The first kappa shape index (κ1) is 15.0. The average molecular weight is 262 g/mol. The second-order valence-electron chi connectivity index (χ2n) is 4.34. The minimum atomic E-state index is -0.850. The summed E-state index contributed by atoms with van der Waals surface area (Å²) in [5.41, 5.74) is 1.26. The molecule has 0 spiro atoms. The zero-order valence-electron chi connectivity index (χ0n) is 11.3. The van der Waals surface area contributed by atoms with Crippen LogP contribution >= 0.6 is 0 Å². The number of benzene rings is 1. The van der Waals surface area contributed by atoms with Crippen molar-refractivity contribution in [2.24, 2.45) is 5.92 Å². The smallest absolute Gasteiger partial charge is 0.306 e. The SMILES string of the molecule is C/C=C/C(=O)c1cc(C[C@H](C)C(=O)O)ccc1OC. The summed E-state index contributed by atoms with van der Waals surface area (Å²) >= 11 is 0. The van der Waals surface area contributed by atoms with E-state index in [1.54, 1.807) is 38.1 Å². The lowest BCUT2D eigenvalue weighted by molar-refractivity contribution is -0.141. The van der Waals surface area contributed by atoms with Gasteiger partial charge in [0, 0.05) is 0 Å². The molecule has 102 valence electrons. The van der Waals surface area contributed by atoms with Gasteiger partial charge >= 0.3 is 5.97 Å². The lowest BCUT2D eigenvalue weighted by atomic mass is 9.98. The lowest BCUT2D eigenvalue weighted by Gasteiger charge is -2.10. The van der Waals surface area contributed by atoms with Gasteiger partial charge in [0.15, 0.2) is 5.78 Å². The molecular weight excluding hydrogens is 244 g/mol. The maximum Gasteiger partial charge on any atom is 0.306 e. The molecule has 0 bridgehead atoms. The second-order valence-corrected chi connectivity index (χ2v) is 4.34. The quantitative estimate of drug-likeness (QED) is 0.632. The number of aliphatic carboxylic acids is 1. The molecule has 1 rings (SSSR count). The Morgan fingerprint density at radius 3 is 2.63 bits per heavy atom. The number of carbonyl (C=O) groups excluding carboxylic acids is 1. The van der Waals surface area contributed by atoms with Crippen molar-refractivity contribution in [1.82, 2.24) is 0 Å². The highest BCUT2D eigenvalue weighted by Gasteiger charge is 2.15. The average Bonchev–Trinajstić information content (AvgIpc) is 2.38. The van der Waals surface area contributed by atoms with E-state index in [1.165, 1.54) is 13.2 Å². The van der Waals surface area contributed by atoms with Gasteiger partial charge in [-0.25, -0.2) is 0 Å². The normalized spacial score (nSPS) is 12.4. The number of hydrogen-bond acceptors (Lipinski definition) is 3. The number of allylic oxidation sites excluding steroid dienone is 2. The topological polar surface area (TPSA) is 63.6 Å². The zero-order chi connectivity index (χ0) is 14.4. The second kappa shape index (κ2) is 6.73. The molecule has 0 unspecified atom stereocenters. The van der Waals surface area contributed by atoms with Crippen LogP contribution in [0.25, 0.3) is 0 Å². The van der Waals surface area contributed by atoms with Crippen LogP contribution < -0.4 is 4.74 Å². The molecule has 1 N–H and O–H groups in total. The zero-order valence-corrected chi connectivity index (χ0v) is 11.3. The van der Waals surface area contributed by atoms with E-state index in [4.69, 9.17) is 9.84 Å². The number of carboxylic acids is 1. The number of carboxylic acid groups (broad SMARTS) is 1. The van der Waals surface area contributed by atoms with Gasteiger partial charge in [0.25, 0.3) is 0 Å². The fourth-order valence-corrected chi connectivity index (χ4v) is 1.76. The van der Waals surface area contributed by atoms with Gasteiger partial charge in [-0.1, -0.05) is 19.1 Å². The Hall–Kier alpha value is -2.10. The highest BCUT2D eigenvalue weighted by atomic mass is 16.5. The van der Waals surface area contributed by atoms with Crippen molar-refractivity contribution < 1.29 is 19.4 Å². The molecule has 0 aliphatic rings. The third-order valence-electron chi connectivity index (χ3n) is 2.81. The largest absolute Gasteiger partial charge is 0.496 e. The highest BCUT2D eigenvalue weighted by Crippen LogP contribution is 2.22. The van der Waals surface area contributed by atoms with E-state index in [-0.39, 0.29) is 5.78 Å². The predicted molar refractivity (Wildman–Crippen MR) is 72.6 cm³/mol. The molecule has 4 heteroatoms. The van der Waals surface area contributed by atoms with E-state index in [0.29, 0.717) is 17.7 Å². The Morgan fingerprint density at radius 1 is 1.42 bits per heavy atom. The van der Waals surface area contributed by atoms with Gasteiger partial charge in [0.2, 0.25) is 0 Å². The Bertz CT molecular complexity index is 503. The third-order valence-corrected chi connectivity index (χ3v) is 2.81. The summed E-state index contributed by atoms with van der Waals surface area (Å²) in [6, 6.07) is 5.17. The van der Waals surface area contributed by atoms with E-state index in [1.807, 2.05) is 0 Å². The van der Waals surface area contributed by atoms with Crippen LogP contribution in [0.2, 0.25) is 0 Å². The number of hydrogen-bond donors (Lipinski definition) is 1. The van der Waals surface area contributed by atoms with Crippen LogP contribution in [0, 0.1) is 5.92 Å². The molecule has 0 radical (unpaired) electrons. The molecule has 0 fully saturated rings. The lowest BCUT2D eigenvalue weighted by Crippen LogP contribution is -2.12. The molecule has 0 aromatic heterocycles. The number of methoxy groups -OCH3 is 1. The van der Waals surface area contributed by atoms with Crippen LogP contribution in [0.1, 0.15) is 29.8 Å². The van der Waals surface area contributed by atoms with Gasteiger partial charge in [-0.2, -0.15) is 0 Å². The van der Waals surface area contributed by atoms with Crippen LogP contribution in [0.3, 0.4) is 0 Å². The van der Waals surface area contributed by atoms with Crippen molar-refractivity contribution in [3.05, 3.63) is 41.5 Å². The maximum atomic E-state index is 11.9. The summed E-state index contributed by atoms with van der Waals surface area (Å²) < 4.78 is 5.15. The summed E-state index contributed by atoms with van der Waals surface area (Å²) in [6.45, 7) is 3.40. The van der Waals surface area contributed by atoms with Crippen molar-refractivity contribution >= 4 is 11.8 Å². The third kappa shape index (κ3) is 3.95. The monoisotopic (exact) mass is 262 g/mol. The summed E-state index contributed by atoms with van der Waals surface area (Å²) in [6.07, 6.45) is 3.51. The van der Waals surface area contributed by atoms with Crippen molar-refractivity contribution in [3.8, 4) is 5.75 Å².